The van der Waals surface area contributed by atoms with Gasteiger partial charge in [0.05, 0.1) is 5.56 Å². The predicted octanol–water partition coefficient (Wildman–Crippen LogP) is 3.34. The van der Waals surface area contributed by atoms with Crippen molar-refractivity contribution in [2.75, 3.05) is 11.9 Å². The van der Waals surface area contributed by atoms with Gasteiger partial charge in [0.1, 0.15) is 11.8 Å². The number of amides is 1. The third-order valence-corrected chi connectivity index (χ3v) is 3.13. The first-order chi connectivity index (χ1) is 8.33. The Hall–Kier alpha value is -1.29. The molecule has 0 bridgehead atoms. The molecule has 17 heavy (non-hydrogen) atoms. The fourth-order valence-corrected chi connectivity index (χ4v) is 2.07. The van der Waals surface area contributed by atoms with E-state index in [1.807, 2.05) is 24.3 Å². The third kappa shape index (κ3) is 2.88. The Kier molecular flexibility index (Phi) is 4.20. The second kappa shape index (κ2) is 5.87. The molecule has 0 saturated carbocycles. The lowest BCUT2D eigenvalue weighted by molar-refractivity contribution is 0.0954. The van der Waals surface area contributed by atoms with E-state index < -0.39 is 0 Å². The summed E-state index contributed by atoms with van der Waals surface area (Å²) in [5.41, 5.74) is 1.36. The molecule has 90 valence electrons. The number of unbranched alkanes of at least 4 members (excludes halogenated alkanes) is 1. The smallest absolute Gasteiger partial charge is 0.255 e. The molecule has 2 rings (SSSR count). The number of para-hydroxylation sites is 1. The highest BCUT2D eigenvalue weighted by molar-refractivity contribution is 9.09. The zero-order valence-electron chi connectivity index (χ0n) is 9.41. The number of benzene rings is 1. The van der Waals surface area contributed by atoms with Crippen molar-refractivity contribution in [3.63, 3.8) is 0 Å². The van der Waals surface area contributed by atoms with Gasteiger partial charge in [-0.1, -0.05) is 34.1 Å². The maximum Gasteiger partial charge on any atom is 0.255 e. The number of hydrogen-bond acceptors (Lipinski definition) is 2. The van der Waals surface area contributed by atoms with Crippen molar-refractivity contribution in [3.8, 4) is 0 Å². The lowest BCUT2D eigenvalue weighted by Gasteiger charge is -2.02. The topological polar surface area (TPSA) is 42.2 Å². The zero-order valence-corrected chi connectivity index (χ0v) is 11.0. The molecule has 0 radical (unpaired) electrons. The maximum absolute atomic E-state index is 11.9. The largest absolute Gasteiger partial charge is 0.463 e. The summed E-state index contributed by atoms with van der Waals surface area (Å²) in [5, 5.41) is 4.73. The monoisotopic (exact) mass is 295 g/mol. The average molecular weight is 296 g/mol. The van der Waals surface area contributed by atoms with Crippen molar-refractivity contribution in [3.05, 3.63) is 36.1 Å². The summed E-state index contributed by atoms with van der Waals surface area (Å²) in [6, 6.07) is 7.55. The van der Waals surface area contributed by atoms with Gasteiger partial charge in [0.2, 0.25) is 0 Å². The van der Waals surface area contributed by atoms with Crippen LogP contribution in [0.1, 0.15) is 23.2 Å². The molecule has 0 aliphatic carbocycles. The molecule has 2 aromatic rings. The van der Waals surface area contributed by atoms with Gasteiger partial charge in [0, 0.05) is 17.3 Å². The van der Waals surface area contributed by atoms with Crippen molar-refractivity contribution in [2.24, 2.45) is 0 Å². The van der Waals surface area contributed by atoms with Gasteiger partial charge in [-0.15, -0.1) is 0 Å². The Labute approximate surface area is 108 Å². The molecule has 0 unspecified atom stereocenters. The standard InChI is InChI=1S/C13H14BrNO2/c14-7-3-4-8-15-13(16)11-9-17-12-6-2-1-5-10(11)12/h1-2,5-6,9H,3-4,7-8H2,(H,15,16). The van der Waals surface area contributed by atoms with Crippen LogP contribution >= 0.6 is 15.9 Å². The number of halogens is 1. The van der Waals surface area contributed by atoms with Crippen LogP contribution in [-0.2, 0) is 0 Å². The summed E-state index contributed by atoms with van der Waals surface area (Å²) >= 11 is 3.36. The highest BCUT2D eigenvalue weighted by Crippen LogP contribution is 2.20. The lowest BCUT2D eigenvalue weighted by Crippen LogP contribution is -2.24. The van der Waals surface area contributed by atoms with Gasteiger partial charge in [0.15, 0.2) is 0 Å². The van der Waals surface area contributed by atoms with Crippen molar-refractivity contribution in [1.82, 2.24) is 5.32 Å². The first kappa shape index (κ1) is 12.2. The van der Waals surface area contributed by atoms with Gasteiger partial charge in [-0.2, -0.15) is 0 Å². The second-order valence-electron chi connectivity index (χ2n) is 3.80. The first-order valence-electron chi connectivity index (χ1n) is 5.63. The van der Waals surface area contributed by atoms with Crippen molar-refractivity contribution in [1.29, 1.82) is 0 Å². The zero-order chi connectivity index (χ0) is 12.1. The normalized spacial score (nSPS) is 10.6. The minimum Gasteiger partial charge on any atom is -0.463 e. The molecular formula is C13H14BrNO2. The molecule has 0 saturated heterocycles. The number of hydrogen-bond donors (Lipinski definition) is 1. The first-order valence-corrected chi connectivity index (χ1v) is 6.75. The third-order valence-electron chi connectivity index (χ3n) is 2.57. The maximum atomic E-state index is 11.9. The summed E-state index contributed by atoms with van der Waals surface area (Å²) in [7, 11) is 0. The quantitative estimate of drug-likeness (QED) is 0.679. The SMILES string of the molecule is O=C(NCCCCBr)c1coc2ccccc12. The minimum atomic E-state index is -0.0653. The molecule has 1 heterocycles. The molecule has 1 aromatic carbocycles. The Morgan fingerprint density at radius 1 is 1.29 bits per heavy atom. The molecule has 0 aliphatic rings. The number of carbonyl (C=O) groups excluding carboxylic acids is 1. The van der Waals surface area contributed by atoms with Crippen LogP contribution in [0.25, 0.3) is 11.0 Å². The highest BCUT2D eigenvalue weighted by Gasteiger charge is 2.12. The van der Waals surface area contributed by atoms with Crippen molar-refractivity contribution < 1.29 is 9.21 Å². The predicted molar refractivity (Wildman–Crippen MR) is 71.6 cm³/mol. The number of rotatable bonds is 5. The van der Waals surface area contributed by atoms with Gasteiger partial charge in [-0.05, 0) is 18.9 Å². The molecule has 1 N–H and O–H groups in total. The Morgan fingerprint density at radius 2 is 2.12 bits per heavy atom. The number of alkyl halides is 1. The van der Waals surface area contributed by atoms with Gasteiger partial charge in [-0.25, -0.2) is 0 Å². The fourth-order valence-electron chi connectivity index (χ4n) is 1.67. The molecule has 1 aromatic heterocycles. The van der Waals surface area contributed by atoms with Crippen LogP contribution in [0.15, 0.2) is 34.9 Å². The number of nitrogens with one attached hydrogen (secondary N) is 1. The molecule has 0 atom stereocenters. The lowest BCUT2D eigenvalue weighted by atomic mass is 10.1. The molecule has 1 amide bonds. The Bertz CT molecular complexity index is 507. The van der Waals surface area contributed by atoms with Crippen LogP contribution < -0.4 is 5.32 Å². The second-order valence-corrected chi connectivity index (χ2v) is 4.59. The van der Waals surface area contributed by atoms with E-state index in [1.165, 1.54) is 6.26 Å². The Balaban J connectivity index is 2.04. The summed E-state index contributed by atoms with van der Waals surface area (Å²) < 4.78 is 5.33. The molecular weight excluding hydrogens is 282 g/mol. The average Bonchev–Trinajstić information content (AvgIpc) is 2.78. The van der Waals surface area contributed by atoms with Crippen LogP contribution in [0.4, 0.5) is 0 Å². The molecule has 3 nitrogen and oxygen atoms in total. The van der Waals surface area contributed by atoms with E-state index in [9.17, 15) is 4.79 Å². The summed E-state index contributed by atoms with van der Waals surface area (Å²) in [6.07, 6.45) is 3.56. The number of furan rings is 1. The van der Waals surface area contributed by atoms with E-state index in [1.54, 1.807) is 0 Å². The highest BCUT2D eigenvalue weighted by atomic mass is 79.9. The van der Waals surface area contributed by atoms with Gasteiger partial charge in [-0.3, -0.25) is 4.79 Å². The molecule has 0 aliphatic heterocycles. The summed E-state index contributed by atoms with van der Waals surface area (Å²) in [5.74, 6) is -0.0653. The molecule has 0 fully saturated rings. The van der Waals surface area contributed by atoms with E-state index in [2.05, 4.69) is 21.2 Å². The molecule has 0 spiro atoms. The molecule has 4 heteroatoms. The Morgan fingerprint density at radius 3 is 2.94 bits per heavy atom. The van der Waals surface area contributed by atoms with Gasteiger partial charge < -0.3 is 9.73 Å². The van der Waals surface area contributed by atoms with Crippen LogP contribution in [0, 0.1) is 0 Å². The van der Waals surface area contributed by atoms with E-state index in [0.29, 0.717) is 12.1 Å². The van der Waals surface area contributed by atoms with Gasteiger partial charge >= 0.3 is 0 Å². The fraction of sp³-hybridized carbons (Fsp3) is 0.308. The number of carbonyl (C=O) groups is 1. The van der Waals surface area contributed by atoms with E-state index in [-0.39, 0.29) is 5.91 Å². The van der Waals surface area contributed by atoms with E-state index in [4.69, 9.17) is 4.42 Å². The summed E-state index contributed by atoms with van der Waals surface area (Å²) in [4.78, 5) is 11.9. The number of fused-ring (bicyclic) bond motifs is 1. The van der Waals surface area contributed by atoms with Crippen molar-refractivity contribution in [2.45, 2.75) is 12.8 Å². The minimum absolute atomic E-state index is 0.0653. The van der Waals surface area contributed by atoms with Crippen LogP contribution in [0.2, 0.25) is 0 Å². The van der Waals surface area contributed by atoms with Crippen LogP contribution in [-0.4, -0.2) is 17.8 Å². The van der Waals surface area contributed by atoms with Crippen molar-refractivity contribution >= 4 is 32.8 Å². The summed E-state index contributed by atoms with van der Waals surface area (Å²) in [6.45, 7) is 0.698. The van der Waals surface area contributed by atoms with Gasteiger partial charge in [0.25, 0.3) is 5.91 Å². The van der Waals surface area contributed by atoms with Crippen LogP contribution in [0.5, 0.6) is 0 Å². The van der Waals surface area contributed by atoms with Crippen LogP contribution in [0.3, 0.4) is 0 Å². The van der Waals surface area contributed by atoms with E-state index >= 15 is 0 Å². The van der Waals surface area contributed by atoms with E-state index in [0.717, 1.165) is 29.1 Å².